The number of hydrogen-bond donors (Lipinski definition) is 1. The normalized spacial score (nSPS) is 17.9. The van der Waals surface area contributed by atoms with Crippen molar-refractivity contribution in [2.75, 3.05) is 18.0 Å². The summed E-state index contributed by atoms with van der Waals surface area (Å²) >= 11 is 0. The molecule has 0 atom stereocenters. The molecule has 1 aliphatic heterocycles. The van der Waals surface area contributed by atoms with E-state index < -0.39 is 12.2 Å². The Morgan fingerprint density at radius 3 is 2.39 bits per heavy atom. The van der Waals surface area contributed by atoms with Crippen LogP contribution in [0.15, 0.2) is 12.4 Å². The Hall–Kier alpha value is -1.57. The summed E-state index contributed by atoms with van der Waals surface area (Å²) in [5.74, 6) is -0.0975. The number of alkyl halides is 3. The number of aliphatic hydroxyl groups excluding tert-OH is 1. The summed E-state index contributed by atoms with van der Waals surface area (Å²) in [6, 6.07) is 0. The van der Waals surface area contributed by atoms with Crippen molar-refractivity contribution in [1.29, 1.82) is 0 Å². The molecule has 0 unspecified atom stereocenters. The monoisotopic (exact) mass is 263 g/mol. The second-order valence-electron chi connectivity index (χ2n) is 3.98. The summed E-state index contributed by atoms with van der Waals surface area (Å²) < 4.78 is 39.4. The molecule has 1 aliphatic rings. The number of anilines is 1. The molecular weight excluding hydrogens is 251 g/mol. The standard InChI is InChI=1S/C10H12F3N3O2/c11-10(12,13)18-9-6-14-8(5-15-9)16-3-1-7(17)2-4-16/h5-7,17H,1-4H2. The lowest BCUT2D eigenvalue weighted by Gasteiger charge is -2.30. The van der Waals surface area contributed by atoms with Crippen LogP contribution in [0.25, 0.3) is 0 Å². The summed E-state index contributed by atoms with van der Waals surface area (Å²) in [7, 11) is 0. The maximum atomic E-state index is 11.9. The van der Waals surface area contributed by atoms with Crippen LogP contribution in [0.1, 0.15) is 12.8 Å². The molecule has 5 nitrogen and oxygen atoms in total. The van der Waals surface area contributed by atoms with Crippen LogP contribution in [-0.4, -0.2) is 40.6 Å². The van der Waals surface area contributed by atoms with Crippen molar-refractivity contribution in [2.45, 2.75) is 25.3 Å². The van der Waals surface area contributed by atoms with Crippen molar-refractivity contribution < 1.29 is 23.0 Å². The molecule has 2 heterocycles. The average molecular weight is 263 g/mol. The molecule has 18 heavy (non-hydrogen) atoms. The van der Waals surface area contributed by atoms with Crippen molar-refractivity contribution in [3.63, 3.8) is 0 Å². The molecule has 1 N–H and O–H groups in total. The predicted molar refractivity (Wildman–Crippen MR) is 56.2 cm³/mol. The highest BCUT2D eigenvalue weighted by atomic mass is 19.4. The number of piperidine rings is 1. The first kappa shape index (κ1) is 12.9. The zero-order valence-corrected chi connectivity index (χ0v) is 9.39. The predicted octanol–water partition coefficient (Wildman–Crippen LogP) is 1.34. The summed E-state index contributed by atoms with van der Waals surface area (Å²) in [5, 5.41) is 9.34. The minimum Gasteiger partial charge on any atom is -0.393 e. The van der Waals surface area contributed by atoms with Gasteiger partial charge in [0.1, 0.15) is 5.82 Å². The molecule has 0 aromatic carbocycles. The van der Waals surface area contributed by atoms with Crippen molar-refractivity contribution in [3.05, 3.63) is 12.4 Å². The molecule has 0 saturated carbocycles. The van der Waals surface area contributed by atoms with Crippen LogP contribution >= 0.6 is 0 Å². The van der Waals surface area contributed by atoms with Crippen molar-refractivity contribution >= 4 is 5.82 Å². The second kappa shape index (κ2) is 4.97. The van der Waals surface area contributed by atoms with Crippen LogP contribution in [0.4, 0.5) is 19.0 Å². The first-order valence-corrected chi connectivity index (χ1v) is 5.45. The minimum absolute atomic E-state index is 0.318. The molecule has 0 radical (unpaired) electrons. The van der Waals surface area contributed by atoms with E-state index in [2.05, 4.69) is 14.7 Å². The van der Waals surface area contributed by atoms with Gasteiger partial charge in [0.2, 0.25) is 5.88 Å². The number of nitrogens with zero attached hydrogens (tertiary/aromatic N) is 3. The fraction of sp³-hybridized carbons (Fsp3) is 0.600. The van der Waals surface area contributed by atoms with Crippen LogP contribution in [0, 0.1) is 0 Å². The van der Waals surface area contributed by atoms with Gasteiger partial charge < -0.3 is 14.7 Å². The first-order chi connectivity index (χ1) is 8.44. The molecule has 2 rings (SSSR count). The van der Waals surface area contributed by atoms with Gasteiger partial charge in [-0.2, -0.15) is 0 Å². The Labute approximate surface area is 101 Å². The Kier molecular flexibility index (Phi) is 3.55. The maximum absolute atomic E-state index is 11.9. The van der Waals surface area contributed by atoms with Gasteiger partial charge in [-0.15, -0.1) is 13.2 Å². The van der Waals surface area contributed by atoms with E-state index in [1.165, 1.54) is 6.20 Å². The third-order valence-electron chi connectivity index (χ3n) is 2.62. The van der Waals surface area contributed by atoms with Gasteiger partial charge in [-0.25, -0.2) is 9.97 Å². The number of aliphatic hydroxyl groups is 1. The molecule has 0 spiro atoms. The first-order valence-electron chi connectivity index (χ1n) is 5.45. The summed E-state index contributed by atoms with van der Waals surface area (Å²) in [5.41, 5.74) is 0. The smallest absolute Gasteiger partial charge is 0.393 e. The Morgan fingerprint density at radius 2 is 1.89 bits per heavy atom. The zero-order chi connectivity index (χ0) is 13.2. The van der Waals surface area contributed by atoms with Crippen molar-refractivity contribution in [2.24, 2.45) is 0 Å². The fourth-order valence-corrected chi connectivity index (χ4v) is 1.74. The highest BCUT2D eigenvalue weighted by molar-refractivity contribution is 5.37. The number of ether oxygens (including phenoxy) is 1. The van der Waals surface area contributed by atoms with Gasteiger partial charge in [0.25, 0.3) is 0 Å². The van der Waals surface area contributed by atoms with Crippen LogP contribution in [0.5, 0.6) is 5.88 Å². The van der Waals surface area contributed by atoms with E-state index >= 15 is 0 Å². The van der Waals surface area contributed by atoms with E-state index in [4.69, 9.17) is 0 Å². The highest BCUT2D eigenvalue weighted by Crippen LogP contribution is 2.22. The number of rotatable bonds is 2. The largest absolute Gasteiger partial charge is 0.574 e. The third kappa shape index (κ3) is 3.46. The lowest BCUT2D eigenvalue weighted by Crippen LogP contribution is -2.36. The van der Waals surface area contributed by atoms with Gasteiger partial charge >= 0.3 is 6.36 Å². The lowest BCUT2D eigenvalue weighted by atomic mass is 10.1. The fourth-order valence-electron chi connectivity index (χ4n) is 1.74. The molecule has 8 heteroatoms. The molecule has 0 amide bonds. The molecule has 0 bridgehead atoms. The van der Waals surface area contributed by atoms with E-state index in [1.54, 1.807) is 0 Å². The summed E-state index contributed by atoms with van der Waals surface area (Å²) in [6.07, 6.45) is -1.68. The SMILES string of the molecule is OC1CCN(c2cnc(OC(F)(F)F)cn2)CC1. The third-order valence-corrected chi connectivity index (χ3v) is 2.62. The second-order valence-corrected chi connectivity index (χ2v) is 3.98. The Morgan fingerprint density at radius 1 is 1.22 bits per heavy atom. The topological polar surface area (TPSA) is 58.5 Å². The molecule has 1 saturated heterocycles. The Balaban J connectivity index is 1.99. The lowest BCUT2D eigenvalue weighted by molar-refractivity contribution is -0.276. The van der Waals surface area contributed by atoms with E-state index in [1.807, 2.05) is 4.90 Å². The number of aromatic nitrogens is 2. The van der Waals surface area contributed by atoms with E-state index in [9.17, 15) is 18.3 Å². The molecular formula is C10H12F3N3O2. The van der Waals surface area contributed by atoms with Gasteiger partial charge in [0.05, 0.1) is 18.5 Å². The zero-order valence-electron chi connectivity index (χ0n) is 9.39. The average Bonchev–Trinajstić information content (AvgIpc) is 2.29. The van der Waals surface area contributed by atoms with Gasteiger partial charge in [-0.1, -0.05) is 0 Å². The van der Waals surface area contributed by atoms with E-state index in [0.29, 0.717) is 31.7 Å². The van der Waals surface area contributed by atoms with Gasteiger partial charge in [0, 0.05) is 13.1 Å². The van der Waals surface area contributed by atoms with E-state index in [0.717, 1.165) is 6.20 Å². The van der Waals surface area contributed by atoms with Crippen molar-refractivity contribution in [1.82, 2.24) is 9.97 Å². The molecule has 1 aromatic heterocycles. The van der Waals surface area contributed by atoms with Crippen LogP contribution in [0.2, 0.25) is 0 Å². The van der Waals surface area contributed by atoms with Crippen LogP contribution in [-0.2, 0) is 0 Å². The van der Waals surface area contributed by atoms with Crippen molar-refractivity contribution in [3.8, 4) is 5.88 Å². The molecule has 1 aromatic rings. The quantitative estimate of drug-likeness (QED) is 0.872. The van der Waals surface area contributed by atoms with Crippen LogP contribution < -0.4 is 9.64 Å². The Bertz CT molecular complexity index is 388. The maximum Gasteiger partial charge on any atom is 0.574 e. The van der Waals surface area contributed by atoms with Crippen LogP contribution in [0.3, 0.4) is 0 Å². The van der Waals surface area contributed by atoms with Gasteiger partial charge in [-0.05, 0) is 12.8 Å². The minimum atomic E-state index is -4.76. The summed E-state index contributed by atoms with van der Waals surface area (Å²) in [4.78, 5) is 9.28. The highest BCUT2D eigenvalue weighted by Gasteiger charge is 2.32. The molecule has 100 valence electrons. The number of halogens is 3. The van der Waals surface area contributed by atoms with E-state index in [-0.39, 0.29) is 6.10 Å². The summed E-state index contributed by atoms with van der Waals surface area (Å²) in [6.45, 7) is 1.21. The number of hydrogen-bond acceptors (Lipinski definition) is 5. The van der Waals surface area contributed by atoms with Gasteiger partial charge in [0.15, 0.2) is 0 Å². The van der Waals surface area contributed by atoms with Gasteiger partial charge in [-0.3, -0.25) is 0 Å². The molecule has 1 fully saturated rings. The molecule has 0 aliphatic carbocycles.